The highest BCUT2D eigenvalue weighted by molar-refractivity contribution is 7.89. The molecule has 1 fully saturated rings. The number of benzene rings is 2. The van der Waals surface area contributed by atoms with Crippen LogP contribution in [0.3, 0.4) is 0 Å². The molecule has 0 amide bonds. The van der Waals surface area contributed by atoms with Crippen LogP contribution in [0.25, 0.3) is 28.0 Å². The number of nitrogens with zero attached hydrogens (tertiary/aromatic N) is 4. The zero-order valence-corrected chi connectivity index (χ0v) is 21.6. The Balaban J connectivity index is 1.54. The van der Waals surface area contributed by atoms with Crippen LogP contribution in [0, 0.1) is 6.92 Å². The van der Waals surface area contributed by atoms with Crippen LogP contribution in [-0.4, -0.2) is 58.9 Å². The standard InChI is InChI=1S/C27H29ClN4O2S/c1-3-35(33,34)31-16-14-30(15-17-31)19-25-27(21-10-8-20(2)9-11-21)29-26-13-12-22(18-32(25)26)23-6-4-5-7-24(23)28/h4-13,18H,3,14-17,19H2,1-2H3. The van der Waals surface area contributed by atoms with Crippen molar-refractivity contribution in [1.29, 1.82) is 0 Å². The molecule has 0 bridgehead atoms. The quantitative estimate of drug-likeness (QED) is 0.363. The molecule has 1 aliphatic heterocycles. The van der Waals surface area contributed by atoms with Crippen LogP contribution in [0.2, 0.25) is 5.02 Å². The Kier molecular flexibility index (Phi) is 6.68. The average Bonchev–Trinajstić information content (AvgIpc) is 3.22. The third kappa shape index (κ3) is 4.86. The molecule has 0 spiro atoms. The summed E-state index contributed by atoms with van der Waals surface area (Å²) in [6, 6.07) is 20.4. The van der Waals surface area contributed by atoms with Gasteiger partial charge in [0.1, 0.15) is 5.65 Å². The second-order valence-corrected chi connectivity index (χ2v) is 11.6. The van der Waals surface area contributed by atoms with Crippen LogP contribution in [0.15, 0.2) is 66.9 Å². The van der Waals surface area contributed by atoms with E-state index in [1.54, 1.807) is 11.2 Å². The van der Waals surface area contributed by atoms with Gasteiger partial charge in [-0.3, -0.25) is 4.90 Å². The number of aromatic nitrogens is 2. The van der Waals surface area contributed by atoms with E-state index in [9.17, 15) is 8.42 Å². The maximum atomic E-state index is 12.3. The summed E-state index contributed by atoms with van der Waals surface area (Å²) in [6.07, 6.45) is 2.11. The maximum absolute atomic E-state index is 12.3. The molecule has 4 aromatic rings. The molecule has 2 aromatic carbocycles. The van der Waals surface area contributed by atoms with Crippen molar-refractivity contribution in [1.82, 2.24) is 18.6 Å². The van der Waals surface area contributed by atoms with E-state index in [0.717, 1.165) is 33.7 Å². The highest BCUT2D eigenvalue weighted by atomic mass is 35.5. The minimum absolute atomic E-state index is 0.142. The van der Waals surface area contributed by atoms with Crippen LogP contribution in [0.4, 0.5) is 0 Å². The van der Waals surface area contributed by atoms with Crippen LogP contribution in [0.1, 0.15) is 18.2 Å². The molecular formula is C27H29ClN4O2S. The van der Waals surface area contributed by atoms with E-state index in [-0.39, 0.29) is 5.75 Å². The predicted molar refractivity (Wildman–Crippen MR) is 142 cm³/mol. The first-order valence-corrected chi connectivity index (χ1v) is 13.9. The Hall–Kier alpha value is -2.71. The molecule has 0 unspecified atom stereocenters. The summed E-state index contributed by atoms with van der Waals surface area (Å²) in [5.74, 6) is 0.142. The second kappa shape index (κ2) is 9.74. The molecule has 0 saturated carbocycles. The summed E-state index contributed by atoms with van der Waals surface area (Å²) in [5.41, 5.74) is 7.18. The van der Waals surface area contributed by atoms with Crippen molar-refractivity contribution in [2.45, 2.75) is 20.4 Å². The van der Waals surface area contributed by atoms with Gasteiger partial charge in [0.25, 0.3) is 0 Å². The van der Waals surface area contributed by atoms with Crippen molar-refractivity contribution in [3.05, 3.63) is 83.1 Å². The Labute approximate surface area is 211 Å². The smallest absolute Gasteiger partial charge is 0.213 e. The van der Waals surface area contributed by atoms with Crippen molar-refractivity contribution >= 4 is 27.3 Å². The molecule has 8 heteroatoms. The topological polar surface area (TPSA) is 57.9 Å². The van der Waals surface area contributed by atoms with Gasteiger partial charge in [-0.2, -0.15) is 4.31 Å². The molecule has 0 atom stereocenters. The van der Waals surface area contributed by atoms with Crippen LogP contribution >= 0.6 is 11.6 Å². The number of hydrogen-bond acceptors (Lipinski definition) is 4. The molecular weight excluding hydrogens is 480 g/mol. The van der Waals surface area contributed by atoms with Gasteiger partial charge in [0, 0.05) is 55.1 Å². The Bertz CT molecular complexity index is 1460. The third-order valence-corrected chi connectivity index (χ3v) is 8.90. The number of fused-ring (bicyclic) bond motifs is 1. The minimum Gasteiger partial charge on any atom is -0.301 e. The second-order valence-electron chi connectivity index (χ2n) is 8.97. The molecule has 182 valence electrons. The molecule has 1 saturated heterocycles. The average molecular weight is 509 g/mol. The van der Waals surface area contributed by atoms with Gasteiger partial charge in [0.05, 0.1) is 17.1 Å². The van der Waals surface area contributed by atoms with E-state index in [4.69, 9.17) is 16.6 Å². The van der Waals surface area contributed by atoms with Gasteiger partial charge in [-0.25, -0.2) is 13.4 Å². The number of aryl methyl sites for hydroxylation is 1. The SMILES string of the molecule is CCS(=O)(=O)N1CCN(Cc2c(-c3ccc(C)cc3)nc3ccc(-c4ccccc4Cl)cn23)CC1. The Morgan fingerprint density at radius 2 is 1.60 bits per heavy atom. The lowest BCUT2D eigenvalue weighted by Crippen LogP contribution is -2.48. The Morgan fingerprint density at radius 3 is 2.29 bits per heavy atom. The van der Waals surface area contributed by atoms with Crippen molar-refractivity contribution in [3.63, 3.8) is 0 Å². The van der Waals surface area contributed by atoms with E-state index in [0.29, 0.717) is 37.7 Å². The van der Waals surface area contributed by atoms with Crippen molar-refractivity contribution in [2.24, 2.45) is 0 Å². The lowest BCUT2D eigenvalue weighted by molar-refractivity contribution is 0.180. The fourth-order valence-corrected chi connectivity index (χ4v) is 5.93. The first kappa shape index (κ1) is 24.0. The van der Waals surface area contributed by atoms with Crippen LogP contribution in [0.5, 0.6) is 0 Å². The molecule has 3 heterocycles. The van der Waals surface area contributed by atoms with Gasteiger partial charge < -0.3 is 4.40 Å². The summed E-state index contributed by atoms with van der Waals surface area (Å²) in [6.45, 7) is 6.85. The minimum atomic E-state index is -3.16. The van der Waals surface area contributed by atoms with Gasteiger partial charge in [0.15, 0.2) is 0 Å². The zero-order valence-electron chi connectivity index (χ0n) is 20.0. The first-order valence-electron chi connectivity index (χ1n) is 11.9. The monoisotopic (exact) mass is 508 g/mol. The van der Waals surface area contributed by atoms with E-state index in [1.807, 2.05) is 30.3 Å². The maximum Gasteiger partial charge on any atom is 0.213 e. The van der Waals surface area contributed by atoms with Crippen molar-refractivity contribution in [3.8, 4) is 22.4 Å². The van der Waals surface area contributed by atoms with Gasteiger partial charge in [0.2, 0.25) is 10.0 Å². The summed E-state index contributed by atoms with van der Waals surface area (Å²) in [4.78, 5) is 7.31. The number of piperazine rings is 1. The fourth-order valence-electron chi connectivity index (χ4n) is 4.60. The van der Waals surface area contributed by atoms with Crippen molar-refractivity contribution in [2.75, 3.05) is 31.9 Å². The normalized spacial score (nSPS) is 15.6. The van der Waals surface area contributed by atoms with Crippen LogP contribution in [-0.2, 0) is 16.6 Å². The van der Waals surface area contributed by atoms with Gasteiger partial charge in [-0.05, 0) is 37.6 Å². The molecule has 1 aliphatic rings. The molecule has 35 heavy (non-hydrogen) atoms. The number of hydrogen-bond donors (Lipinski definition) is 0. The highest BCUT2D eigenvalue weighted by Gasteiger charge is 2.27. The van der Waals surface area contributed by atoms with Crippen molar-refractivity contribution < 1.29 is 8.42 Å². The third-order valence-electron chi connectivity index (χ3n) is 6.69. The largest absolute Gasteiger partial charge is 0.301 e. The molecule has 0 aliphatic carbocycles. The highest BCUT2D eigenvalue weighted by Crippen LogP contribution is 2.31. The lowest BCUT2D eigenvalue weighted by atomic mass is 10.1. The molecule has 0 radical (unpaired) electrons. The Morgan fingerprint density at radius 1 is 0.914 bits per heavy atom. The van der Waals surface area contributed by atoms with E-state index >= 15 is 0 Å². The summed E-state index contributed by atoms with van der Waals surface area (Å²) >= 11 is 6.50. The van der Waals surface area contributed by atoms with Crippen LogP contribution < -0.4 is 0 Å². The van der Waals surface area contributed by atoms with Gasteiger partial charge in [-0.1, -0.05) is 59.6 Å². The van der Waals surface area contributed by atoms with E-state index in [2.05, 4.69) is 52.8 Å². The zero-order chi connectivity index (χ0) is 24.6. The molecule has 2 aromatic heterocycles. The number of sulfonamides is 1. The lowest BCUT2D eigenvalue weighted by Gasteiger charge is -2.33. The number of imidazole rings is 1. The number of pyridine rings is 1. The molecule has 0 N–H and O–H groups in total. The first-order chi connectivity index (χ1) is 16.9. The predicted octanol–water partition coefficient (Wildman–Crippen LogP) is 5.10. The van der Waals surface area contributed by atoms with Gasteiger partial charge >= 0.3 is 0 Å². The molecule has 5 rings (SSSR count). The van der Waals surface area contributed by atoms with E-state index in [1.165, 1.54) is 5.56 Å². The van der Waals surface area contributed by atoms with E-state index < -0.39 is 10.0 Å². The van der Waals surface area contributed by atoms with Gasteiger partial charge in [-0.15, -0.1) is 0 Å². The summed E-state index contributed by atoms with van der Waals surface area (Å²) in [5, 5.41) is 0.709. The summed E-state index contributed by atoms with van der Waals surface area (Å²) < 4.78 is 28.4. The summed E-state index contributed by atoms with van der Waals surface area (Å²) in [7, 11) is -3.16. The number of rotatable bonds is 6. The number of halogens is 1. The molecule has 6 nitrogen and oxygen atoms in total. The fraction of sp³-hybridized carbons (Fsp3) is 0.296.